The van der Waals surface area contributed by atoms with Gasteiger partial charge in [0, 0.05) is 29.1 Å². The minimum Gasteiger partial charge on any atom is -0.491 e. The first-order valence-corrected chi connectivity index (χ1v) is 11.7. The Kier molecular flexibility index (Phi) is 7.77. The lowest BCUT2D eigenvalue weighted by molar-refractivity contribution is 0.0852. The van der Waals surface area contributed by atoms with E-state index in [9.17, 15) is 4.79 Å². The van der Waals surface area contributed by atoms with Crippen molar-refractivity contribution in [1.82, 2.24) is 29.9 Å². The molecule has 0 saturated carbocycles. The first-order valence-electron chi connectivity index (χ1n) is 11.7. The summed E-state index contributed by atoms with van der Waals surface area (Å²) >= 11 is 0. The molecule has 2 bridgehead atoms. The smallest absolute Gasteiger partial charge is 0.248 e. The molecular formula is C26H31N7O3. The second-order valence-electron chi connectivity index (χ2n) is 8.60. The Hall–Kier alpha value is -4.02. The Balaban J connectivity index is 0.000000556. The summed E-state index contributed by atoms with van der Waals surface area (Å²) in [7, 11) is 5.99. The highest BCUT2D eigenvalue weighted by atomic mass is 16.5. The van der Waals surface area contributed by atoms with Crippen molar-refractivity contribution >= 4 is 29.0 Å². The van der Waals surface area contributed by atoms with E-state index in [4.69, 9.17) is 15.2 Å². The molecule has 0 saturated heterocycles. The van der Waals surface area contributed by atoms with E-state index in [-0.39, 0.29) is 0 Å². The van der Waals surface area contributed by atoms with Crippen LogP contribution in [0.25, 0.3) is 34.3 Å². The van der Waals surface area contributed by atoms with Gasteiger partial charge in [-0.2, -0.15) is 10.2 Å². The summed E-state index contributed by atoms with van der Waals surface area (Å²) in [6.45, 7) is 4.30. The molecule has 4 heterocycles. The molecule has 3 aromatic heterocycles. The highest BCUT2D eigenvalue weighted by Crippen LogP contribution is 2.28. The van der Waals surface area contributed by atoms with Crippen LogP contribution in [0.15, 0.2) is 36.7 Å². The predicted molar refractivity (Wildman–Crippen MR) is 139 cm³/mol. The molecule has 1 amide bonds. The number of primary amides is 1. The molecule has 1 aliphatic rings. The molecule has 4 aromatic rings. The molecular weight excluding hydrogens is 458 g/mol. The lowest BCUT2D eigenvalue weighted by atomic mass is 10.1. The number of nitrogens with zero attached hydrogens (tertiary/aromatic N) is 5. The third kappa shape index (κ3) is 5.61. The van der Waals surface area contributed by atoms with E-state index in [1.54, 1.807) is 35.3 Å². The third-order valence-corrected chi connectivity index (χ3v) is 5.89. The van der Waals surface area contributed by atoms with Crippen LogP contribution in [0.1, 0.15) is 34.2 Å². The van der Waals surface area contributed by atoms with E-state index in [2.05, 4.69) is 46.2 Å². The molecule has 0 atom stereocenters. The van der Waals surface area contributed by atoms with E-state index < -0.39 is 5.91 Å². The molecule has 0 aliphatic carbocycles. The number of nitrogens with one attached hydrogen (secondary N) is 1. The van der Waals surface area contributed by atoms with E-state index >= 15 is 0 Å². The van der Waals surface area contributed by atoms with Gasteiger partial charge in [-0.1, -0.05) is 13.0 Å². The molecule has 0 unspecified atom stereocenters. The molecule has 0 radical (unpaired) electrons. The summed E-state index contributed by atoms with van der Waals surface area (Å²) in [5.41, 5.74) is 10.8. The van der Waals surface area contributed by atoms with Crippen molar-refractivity contribution in [3.63, 3.8) is 0 Å². The fraction of sp³-hybridized carbons (Fsp3) is 0.308. The van der Waals surface area contributed by atoms with Gasteiger partial charge >= 0.3 is 0 Å². The molecule has 36 heavy (non-hydrogen) atoms. The van der Waals surface area contributed by atoms with Crippen molar-refractivity contribution < 1.29 is 14.3 Å². The van der Waals surface area contributed by atoms with Gasteiger partial charge < -0.3 is 20.1 Å². The number of carbonyl (C=O) groups is 1. The zero-order valence-electron chi connectivity index (χ0n) is 21.0. The van der Waals surface area contributed by atoms with Gasteiger partial charge in [-0.3, -0.25) is 19.6 Å². The number of nitrogens with two attached hydrogens (primary N) is 1. The number of pyridine rings is 1. The second kappa shape index (κ2) is 11.1. The molecule has 1 aliphatic heterocycles. The Morgan fingerprint density at radius 2 is 2.00 bits per heavy atom. The van der Waals surface area contributed by atoms with Crippen LogP contribution in [0.4, 0.5) is 0 Å². The number of rotatable bonds is 2. The predicted octanol–water partition coefficient (Wildman–Crippen LogP) is 3.10. The number of aromatic amines is 1. The molecule has 0 fully saturated rings. The summed E-state index contributed by atoms with van der Waals surface area (Å²) in [6.07, 6.45) is 7.35. The first kappa shape index (κ1) is 25.1. The third-order valence-electron chi connectivity index (χ3n) is 5.89. The number of aryl methyl sites for hydroxylation is 1. The van der Waals surface area contributed by atoms with Gasteiger partial charge in [-0.05, 0) is 51.0 Å². The number of carbonyl (C=O) groups excluding carboxylic acids is 1. The summed E-state index contributed by atoms with van der Waals surface area (Å²) < 4.78 is 13.5. The summed E-state index contributed by atoms with van der Waals surface area (Å²) in [5.74, 6) is 0.0408. The molecule has 10 heteroatoms. The van der Waals surface area contributed by atoms with Crippen molar-refractivity contribution in [2.45, 2.75) is 13.5 Å². The SMILES string of the molecule is CCN(C)C.Cn1ncc2c1COCCOc1cc(C(N)=O)ccc1/C=C/c1n[nH]c3cnc-2cc13. The molecule has 3 N–H and O–H groups in total. The monoisotopic (exact) mass is 489 g/mol. The Labute approximate surface area is 209 Å². The maximum Gasteiger partial charge on any atom is 0.248 e. The van der Waals surface area contributed by atoms with Crippen molar-refractivity contribution in [2.75, 3.05) is 33.9 Å². The quantitative estimate of drug-likeness (QED) is 0.443. The van der Waals surface area contributed by atoms with E-state index in [0.717, 1.165) is 45.7 Å². The normalized spacial score (nSPS) is 14.1. The second-order valence-corrected chi connectivity index (χ2v) is 8.60. The van der Waals surface area contributed by atoms with Crippen molar-refractivity contribution in [3.05, 3.63) is 59.2 Å². The Bertz CT molecular complexity index is 1390. The average molecular weight is 490 g/mol. The van der Waals surface area contributed by atoms with Crippen LogP contribution in [-0.2, 0) is 18.4 Å². The summed E-state index contributed by atoms with van der Waals surface area (Å²) in [6, 6.07) is 7.11. The minimum atomic E-state index is -0.510. The van der Waals surface area contributed by atoms with Crippen molar-refractivity contribution in [3.8, 4) is 17.0 Å². The number of aromatic nitrogens is 5. The highest BCUT2D eigenvalue weighted by molar-refractivity contribution is 5.94. The standard InChI is InChI=1S/C22H20N6O3.C4H11N/c1-28-20-12-30-6-7-31-21-8-14(22(23)29)3-2-13(21)4-5-17-15-9-18(16(20)10-25-28)24-11-19(15)27-26-17;1-4-5(2)3/h2-5,8-11H,6-7,12H2,1H3,(H2,23,29)(H,26,27);4H2,1-3H3/b5-4+;. The topological polar surface area (TPSA) is 124 Å². The Morgan fingerprint density at radius 1 is 1.19 bits per heavy atom. The largest absolute Gasteiger partial charge is 0.491 e. The van der Waals surface area contributed by atoms with Gasteiger partial charge in [0.05, 0.1) is 48.2 Å². The van der Waals surface area contributed by atoms with Gasteiger partial charge in [0.25, 0.3) is 0 Å². The van der Waals surface area contributed by atoms with Gasteiger partial charge in [-0.15, -0.1) is 0 Å². The van der Waals surface area contributed by atoms with E-state index in [1.807, 2.05) is 25.3 Å². The number of hydrogen-bond donors (Lipinski definition) is 2. The number of H-pyrrole nitrogens is 1. The Morgan fingerprint density at radius 3 is 2.75 bits per heavy atom. The van der Waals surface area contributed by atoms with Crippen LogP contribution in [0.5, 0.6) is 5.75 Å². The molecule has 5 rings (SSSR count). The van der Waals surface area contributed by atoms with Gasteiger partial charge in [0.15, 0.2) is 0 Å². The van der Waals surface area contributed by atoms with Crippen LogP contribution < -0.4 is 10.5 Å². The first-order chi connectivity index (χ1) is 17.4. The van der Waals surface area contributed by atoms with Gasteiger partial charge in [0.1, 0.15) is 12.4 Å². The number of ether oxygens (including phenoxy) is 2. The minimum absolute atomic E-state index is 0.314. The van der Waals surface area contributed by atoms with Crippen molar-refractivity contribution in [2.24, 2.45) is 12.8 Å². The summed E-state index contributed by atoms with van der Waals surface area (Å²) in [4.78, 5) is 18.3. The summed E-state index contributed by atoms with van der Waals surface area (Å²) in [5, 5.41) is 12.7. The molecule has 10 nitrogen and oxygen atoms in total. The van der Waals surface area contributed by atoms with Gasteiger partial charge in [-0.25, -0.2) is 0 Å². The number of hydrogen-bond acceptors (Lipinski definition) is 7. The lowest BCUT2D eigenvalue weighted by Gasteiger charge is -2.11. The average Bonchev–Trinajstić information content (AvgIpc) is 3.45. The highest BCUT2D eigenvalue weighted by Gasteiger charge is 2.15. The van der Waals surface area contributed by atoms with E-state index in [0.29, 0.717) is 31.1 Å². The fourth-order valence-electron chi connectivity index (χ4n) is 3.56. The zero-order chi connectivity index (χ0) is 25.7. The fourth-order valence-corrected chi connectivity index (χ4v) is 3.56. The van der Waals surface area contributed by atoms with Gasteiger partial charge in [0.2, 0.25) is 5.91 Å². The zero-order valence-corrected chi connectivity index (χ0v) is 21.0. The maximum absolute atomic E-state index is 11.6. The number of fused-ring (bicyclic) bond motifs is 4. The lowest BCUT2D eigenvalue weighted by Crippen LogP contribution is -2.12. The van der Waals surface area contributed by atoms with Crippen LogP contribution in [0, 0.1) is 0 Å². The van der Waals surface area contributed by atoms with Crippen LogP contribution in [0.2, 0.25) is 0 Å². The molecule has 0 spiro atoms. The number of amides is 1. The molecule has 188 valence electrons. The van der Waals surface area contributed by atoms with Crippen LogP contribution in [0.3, 0.4) is 0 Å². The molecule has 1 aromatic carbocycles. The number of benzene rings is 1. The maximum atomic E-state index is 11.6. The van der Waals surface area contributed by atoms with E-state index in [1.165, 1.54) is 0 Å². The van der Waals surface area contributed by atoms with Crippen LogP contribution in [-0.4, -0.2) is 69.6 Å². The van der Waals surface area contributed by atoms with Crippen LogP contribution >= 0.6 is 0 Å². The van der Waals surface area contributed by atoms with Crippen molar-refractivity contribution in [1.29, 1.82) is 0 Å².